The number of hydrogen-bond acceptors (Lipinski definition) is 4. The molecule has 0 aromatic heterocycles. The minimum Gasteiger partial charge on any atom is -0.427 e. The van der Waals surface area contributed by atoms with E-state index >= 15 is 0 Å². The molecule has 0 radical (unpaired) electrons. The van der Waals surface area contributed by atoms with E-state index in [0.29, 0.717) is 5.75 Å². The Morgan fingerprint density at radius 2 is 1.42 bits per heavy atom. The molecule has 0 saturated carbocycles. The highest BCUT2D eigenvalue weighted by molar-refractivity contribution is 8.76. The molecule has 4 heteroatoms. The predicted molar refractivity (Wildman–Crippen MR) is 92.1 cm³/mol. The molecule has 0 amide bonds. The van der Waals surface area contributed by atoms with Gasteiger partial charge in [0, 0.05) is 6.92 Å². The summed E-state index contributed by atoms with van der Waals surface area (Å²) in [4.78, 5) is 10.4. The zero-order chi connectivity index (χ0) is 15.5. The zero-order valence-electron chi connectivity index (χ0n) is 13.2. The van der Waals surface area contributed by atoms with Gasteiger partial charge in [-0.2, -0.15) is 0 Å². The molecule has 0 N–H and O–H groups in total. The van der Waals surface area contributed by atoms with Gasteiger partial charge in [0.25, 0.3) is 0 Å². The number of carbonyl (C=O) groups excluding carboxylic acids is 1. The first-order valence-electron chi connectivity index (χ1n) is 6.42. The van der Waals surface area contributed by atoms with Crippen LogP contribution in [-0.4, -0.2) is 18.5 Å². The van der Waals surface area contributed by atoms with E-state index in [2.05, 4.69) is 26.4 Å². The van der Waals surface area contributed by atoms with Crippen LogP contribution in [0.3, 0.4) is 0 Å². The molecule has 0 aliphatic rings. The molecule has 112 valence electrons. The molecule has 2 nitrogen and oxygen atoms in total. The molecule has 1 aromatic carbocycles. The quantitative estimate of drug-likeness (QED) is 0.399. The molecule has 0 saturated heterocycles. The summed E-state index contributed by atoms with van der Waals surface area (Å²) in [6, 6.07) is 8.98. The van der Waals surface area contributed by atoms with Crippen molar-refractivity contribution < 1.29 is 9.53 Å². The standard InChI is InChI=1S/C8H8O2.C3H8.C2H6S2.C2H6/c1-7(9)10-8-5-3-2-4-6-8;1-3-2;1-3-4-2;1-2/h2-6H,1H3;3H2,1-2H3;1-2H3;1-2H3. The third-order valence-electron chi connectivity index (χ3n) is 1.17. The Morgan fingerprint density at radius 3 is 1.68 bits per heavy atom. The van der Waals surface area contributed by atoms with Crippen molar-refractivity contribution in [3.63, 3.8) is 0 Å². The van der Waals surface area contributed by atoms with Gasteiger partial charge in [-0.15, -0.1) is 0 Å². The van der Waals surface area contributed by atoms with Crippen LogP contribution in [-0.2, 0) is 4.79 Å². The number of rotatable bonds is 2. The molecule has 0 bridgehead atoms. The number of benzene rings is 1. The van der Waals surface area contributed by atoms with Gasteiger partial charge < -0.3 is 4.74 Å². The second-order valence-electron chi connectivity index (χ2n) is 2.95. The van der Waals surface area contributed by atoms with Crippen LogP contribution in [0.15, 0.2) is 30.3 Å². The highest BCUT2D eigenvalue weighted by Crippen LogP contribution is 2.09. The molecule has 1 rings (SSSR count). The highest BCUT2D eigenvalue weighted by Gasteiger charge is 1.92. The molecule has 0 fully saturated rings. The molecule has 1 aromatic rings. The van der Waals surface area contributed by atoms with E-state index in [0.717, 1.165) is 0 Å². The van der Waals surface area contributed by atoms with Crippen LogP contribution in [0.5, 0.6) is 5.75 Å². The van der Waals surface area contributed by atoms with E-state index in [9.17, 15) is 4.79 Å². The minimum atomic E-state index is -0.286. The maximum atomic E-state index is 10.4. The predicted octanol–water partition coefficient (Wildman–Crippen LogP) is 5.68. The lowest BCUT2D eigenvalue weighted by atomic mass is 10.3. The first-order chi connectivity index (χ1) is 9.12. The molecule has 0 unspecified atom stereocenters. The Labute approximate surface area is 127 Å². The topological polar surface area (TPSA) is 26.3 Å². The van der Waals surface area contributed by atoms with Gasteiger partial charge in [0.1, 0.15) is 5.75 Å². The fourth-order valence-corrected chi connectivity index (χ4v) is 0.655. The first-order valence-corrected chi connectivity index (χ1v) is 9.39. The number of esters is 1. The lowest BCUT2D eigenvalue weighted by molar-refractivity contribution is -0.131. The van der Waals surface area contributed by atoms with Gasteiger partial charge in [-0.3, -0.25) is 4.79 Å². The van der Waals surface area contributed by atoms with Crippen molar-refractivity contribution in [1.29, 1.82) is 0 Å². The van der Waals surface area contributed by atoms with Crippen LogP contribution in [0.25, 0.3) is 0 Å². The van der Waals surface area contributed by atoms with Gasteiger partial charge in [0.15, 0.2) is 0 Å². The van der Waals surface area contributed by atoms with Gasteiger partial charge in [0.2, 0.25) is 0 Å². The summed E-state index contributed by atoms with van der Waals surface area (Å²) in [5.41, 5.74) is 0. The van der Waals surface area contributed by atoms with Gasteiger partial charge in [-0.05, 0) is 24.6 Å². The fraction of sp³-hybridized carbons (Fsp3) is 0.533. The van der Waals surface area contributed by atoms with Crippen molar-refractivity contribution in [3.8, 4) is 5.75 Å². The third-order valence-corrected chi connectivity index (χ3v) is 2.50. The normalized spacial score (nSPS) is 7.53. The van der Waals surface area contributed by atoms with Crippen LogP contribution >= 0.6 is 21.6 Å². The largest absolute Gasteiger partial charge is 0.427 e. The van der Waals surface area contributed by atoms with Crippen molar-refractivity contribution in [3.05, 3.63) is 30.3 Å². The van der Waals surface area contributed by atoms with Gasteiger partial charge in [-0.1, -0.05) is 73.9 Å². The smallest absolute Gasteiger partial charge is 0.308 e. The Bertz CT molecular complexity index is 262. The number of ether oxygens (including phenoxy) is 1. The average molecular weight is 305 g/mol. The summed E-state index contributed by atoms with van der Waals surface area (Å²) < 4.78 is 4.78. The van der Waals surface area contributed by atoms with E-state index < -0.39 is 0 Å². The monoisotopic (exact) mass is 304 g/mol. The molecule has 0 heterocycles. The first kappa shape index (κ1) is 23.5. The molecule has 0 spiro atoms. The summed E-state index contributed by atoms with van der Waals surface area (Å²) in [7, 11) is 3.55. The van der Waals surface area contributed by atoms with E-state index in [1.54, 1.807) is 33.7 Å². The molecule has 0 atom stereocenters. The van der Waals surface area contributed by atoms with Crippen molar-refractivity contribution in [1.82, 2.24) is 0 Å². The summed E-state index contributed by atoms with van der Waals surface area (Å²) in [5, 5.41) is 0. The van der Waals surface area contributed by atoms with Crippen LogP contribution in [0, 0.1) is 0 Å². The fourth-order valence-electron chi connectivity index (χ4n) is 0.655. The van der Waals surface area contributed by atoms with Gasteiger partial charge in [0.05, 0.1) is 0 Å². The highest BCUT2D eigenvalue weighted by atomic mass is 33.1. The van der Waals surface area contributed by atoms with E-state index in [1.165, 1.54) is 13.3 Å². The van der Waals surface area contributed by atoms with E-state index in [-0.39, 0.29) is 5.97 Å². The minimum absolute atomic E-state index is 0.286. The summed E-state index contributed by atoms with van der Waals surface area (Å²) in [6.45, 7) is 9.63. The van der Waals surface area contributed by atoms with Crippen molar-refractivity contribution in [2.75, 3.05) is 12.5 Å². The van der Waals surface area contributed by atoms with Crippen LogP contribution in [0.1, 0.15) is 41.0 Å². The van der Waals surface area contributed by atoms with Gasteiger partial charge >= 0.3 is 5.97 Å². The van der Waals surface area contributed by atoms with Gasteiger partial charge in [-0.25, -0.2) is 0 Å². The summed E-state index contributed by atoms with van der Waals surface area (Å²) in [5.74, 6) is 0.307. The molecule has 0 aliphatic carbocycles. The average Bonchev–Trinajstić information content (AvgIpc) is 2.43. The number of hydrogen-bond donors (Lipinski definition) is 0. The van der Waals surface area contributed by atoms with Crippen molar-refractivity contribution in [2.24, 2.45) is 0 Å². The molecular weight excluding hydrogens is 276 g/mol. The Kier molecular flexibility index (Phi) is 27.9. The maximum absolute atomic E-state index is 10.4. The zero-order valence-corrected chi connectivity index (χ0v) is 14.9. The Hall–Kier alpha value is -0.610. The lowest BCUT2D eigenvalue weighted by Gasteiger charge is -1.97. The van der Waals surface area contributed by atoms with E-state index in [1.807, 2.05) is 32.0 Å². The third kappa shape index (κ3) is 26.8. The SMILES string of the molecule is CC.CC(=O)Oc1ccccc1.CCC.CSSC. The Balaban J connectivity index is -0.000000239. The maximum Gasteiger partial charge on any atom is 0.308 e. The second kappa shape index (κ2) is 22.6. The Morgan fingerprint density at radius 1 is 1.05 bits per heavy atom. The van der Waals surface area contributed by atoms with Crippen molar-refractivity contribution >= 4 is 27.6 Å². The van der Waals surface area contributed by atoms with Crippen molar-refractivity contribution in [2.45, 2.75) is 41.0 Å². The summed E-state index contributed by atoms with van der Waals surface area (Å²) >= 11 is 0. The molecular formula is C15H28O2S2. The number of para-hydroxylation sites is 1. The number of carbonyl (C=O) groups is 1. The summed E-state index contributed by atoms with van der Waals surface area (Å²) in [6.07, 6.45) is 5.37. The van der Waals surface area contributed by atoms with Crippen LogP contribution in [0.2, 0.25) is 0 Å². The molecule has 19 heavy (non-hydrogen) atoms. The second-order valence-corrected chi connectivity index (χ2v) is 5.61. The van der Waals surface area contributed by atoms with Crippen LogP contribution < -0.4 is 4.74 Å². The lowest BCUT2D eigenvalue weighted by Crippen LogP contribution is -2.00. The van der Waals surface area contributed by atoms with E-state index in [4.69, 9.17) is 4.74 Å². The van der Waals surface area contributed by atoms with Crippen LogP contribution in [0.4, 0.5) is 0 Å². The molecule has 0 aliphatic heterocycles.